The Hall–Kier alpha value is -1.06. The smallest absolute Gasteiger partial charge is 0.133 e. The number of rotatable bonds is 2. The quantitative estimate of drug-likeness (QED) is 0.508. The van der Waals surface area contributed by atoms with E-state index >= 15 is 0 Å². The number of hydrogen-bond acceptors (Lipinski definition) is 2. The van der Waals surface area contributed by atoms with E-state index < -0.39 is 18.6 Å². The van der Waals surface area contributed by atoms with E-state index in [9.17, 15) is 0 Å². The number of hydrogen-bond donors (Lipinski definition) is 1. The van der Waals surface area contributed by atoms with E-state index in [4.69, 9.17) is 17.1 Å². The van der Waals surface area contributed by atoms with Crippen LogP contribution >= 0.6 is 0 Å². The molecule has 1 heterocycles. The zero-order valence-electron chi connectivity index (χ0n) is 19.2. The molecule has 3 N–H and O–H groups in total. The van der Waals surface area contributed by atoms with Crippen molar-refractivity contribution >= 4 is 0 Å². The van der Waals surface area contributed by atoms with Gasteiger partial charge in [0, 0.05) is 40.3 Å². The molecule has 2 aromatic rings. The Kier molecular flexibility index (Phi) is 8.32. The number of aromatic nitrogens is 1. The third-order valence-electron chi connectivity index (χ3n) is 2.37. The number of aryl methyl sites for hydroxylation is 1. The fourth-order valence-corrected chi connectivity index (χ4v) is 1.64. The van der Waals surface area contributed by atoms with Gasteiger partial charge in [0.15, 0.2) is 0 Å². The van der Waals surface area contributed by atoms with Crippen LogP contribution in [0.15, 0.2) is 36.5 Å². The summed E-state index contributed by atoms with van der Waals surface area (Å²) in [5.74, 6) is 0. The van der Waals surface area contributed by atoms with Gasteiger partial charge in [0.1, 0.15) is 7.11 Å². The molecular formula is C19H29IrNO2. The van der Waals surface area contributed by atoms with Crippen LogP contribution in [-0.4, -0.2) is 29.4 Å². The third kappa shape index (κ3) is 9.62. The van der Waals surface area contributed by atoms with Crippen molar-refractivity contribution in [3.05, 3.63) is 53.7 Å². The van der Waals surface area contributed by atoms with Gasteiger partial charge >= 0.3 is 0 Å². The largest absolute Gasteiger partial charge is 0.448 e. The Morgan fingerprint density at radius 3 is 2.26 bits per heavy atom. The summed E-state index contributed by atoms with van der Waals surface area (Å²) in [7, 11) is 2.25. The molecule has 2 rings (SSSR count). The van der Waals surface area contributed by atoms with Crippen LogP contribution in [-0.2, 0) is 26.5 Å². The molecule has 1 aromatic carbocycles. The zero-order chi connectivity index (χ0) is 21.5. The van der Waals surface area contributed by atoms with Crippen molar-refractivity contribution in [3.63, 3.8) is 0 Å². The van der Waals surface area contributed by atoms with Crippen molar-refractivity contribution in [1.29, 1.82) is 0 Å². The molecule has 0 aliphatic heterocycles. The molecule has 131 valence electrons. The second-order valence-electron chi connectivity index (χ2n) is 5.30. The van der Waals surface area contributed by atoms with Crippen LogP contribution in [0.5, 0.6) is 0 Å². The first-order valence-corrected chi connectivity index (χ1v) is 6.87. The van der Waals surface area contributed by atoms with Crippen molar-refractivity contribution < 1.29 is 37.2 Å². The maximum Gasteiger partial charge on any atom is 0.133 e. The first-order valence-electron chi connectivity index (χ1n) is 9.37. The number of aliphatic hydroxyl groups is 1. The number of pyridine rings is 1. The van der Waals surface area contributed by atoms with Crippen LogP contribution in [0.25, 0.3) is 11.3 Å². The summed E-state index contributed by atoms with van der Waals surface area (Å²) in [5, 5.41) is 12.8. The van der Waals surface area contributed by atoms with E-state index in [2.05, 4.69) is 11.1 Å². The predicted octanol–water partition coefficient (Wildman–Crippen LogP) is 3.39. The van der Waals surface area contributed by atoms with E-state index in [0.717, 1.165) is 7.11 Å². The molecule has 3 nitrogen and oxygen atoms in total. The van der Waals surface area contributed by atoms with Crippen molar-refractivity contribution in [3.8, 4) is 11.3 Å². The molecule has 23 heavy (non-hydrogen) atoms. The average molecular weight is 501 g/mol. The van der Waals surface area contributed by atoms with Crippen LogP contribution in [0.2, 0.25) is 0 Å². The molecule has 0 spiro atoms. The molecule has 0 unspecified atom stereocenters. The Labute approximate surface area is 161 Å². The SMILES string of the molecule is CO.C[OH2+].[2H]C([2H])([2H])c1c[c-]c(-c2ccc(C([2H])([2H])C(C)(C)C)cn2)cc1.[Ir]. The summed E-state index contributed by atoms with van der Waals surface area (Å²) in [6.07, 6.45) is 0.0411. The van der Waals surface area contributed by atoms with Gasteiger partial charge in [-0.3, -0.25) is 0 Å². The Morgan fingerprint density at radius 1 is 1.22 bits per heavy atom. The van der Waals surface area contributed by atoms with Gasteiger partial charge in [-0.2, -0.15) is 0 Å². The molecule has 0 saturated heterocycles. The van der Waals surface area contributed by atoms with E-state index in [1.165, 1.54) is 19.4 Å². The van der Waals surface area contributed by atoms with Crippen LogP contribution in [0, 0.1) is 18.3 Å². The minimum absolute atomic E-state index is 0. The second-order valence-corrected chi connectivity index (χ2v) is 5.30. The van der Waals surface area contributed by atoms with E-state index in [-0.39, 0.29) is 25.7 Å². The maximum absolute atomic E-state index is 8.25. The molecule has 1 radical (unpaired) electrons. The van der Waals surface area contributed by atoms with E-state index in [1.54, 1.807) is 24.3 Å². The third-order valence-corrected chi connectivity index (χ3v) is 2.37. The summed E-state index contributed by atoms with van der Waals surface area (Å²) in [6, 6.07) is 11.1. The van der Waals surface area contributed by atoms with Crippen LogP contribution in [0.3, 0.4) is 0 Å². The van der Waals surface area contributed by atoms with Crippen molar-refractivity contribution in [2.24, 2.45) is 5.41 Å². The van der Waals surface area contributed by atoms with Gasteiger partial charge in [-0.15, -0.1) is 35.4 Å². The first-order chi connectivity index (χ1) is 12.4. The number of aliphatic hydroxyl groups excluding tert-OH is 1. The summed E-state index contributed by atoms with van der Waals surface area (Å²) in [6.45, 7) is 3.40. The molecule has 0 amide bonds. The molecule has 1 aromatic heterocycles. The van der Waals surface area contributed by atoms with Gasteiger partial charge in [-0.05, 0) is 23.0 Å². The Bertz CT molecular complexity index is 681. The number of benzene rings is 1. The van der Waals surface area contributed by atoms with Crippen molar-refractivity contribution in [2.75, 3.05) is 14.2 Å². The summed E-state index contributed by atoms with van der Waals surface area (Å²) in [4.78, 5) is 4.31. The van der Waals surface area contributed by atoms with Gasteiger partial charge in [-0.1, -0.05) is 39.8 Å². The molecule has 0 fully saturated rings. The predicted molar refractivity (Wildman–Crippen MR) is 94.1 cm³/mol. The molecule has 0 saturated carbocycles. The minimum atomic E-state index is -2.14. The van der Waals surface area contributed by atoms with Crippen LogP contribution in [0.1, 0.15) is 38.8 Å². The minimum Gasteiger partial charge on any atom is -0.448 e. The molecular weight excluding hydrogens is 466 g/mol. The Balaban J connectivity index is 0. The summed E-state index contributed by atoms with van der Waals surface area (Å²) in [5.41, 5.74) is 1.54. The standard InChI is InChI=1S/C17H20N.2CH4O.Ir/c1-13-5-8-15(9-6-13)16-10-7-14(12-18-16)11-17(2,3)4;2*1-2;/h5-8,10,12H,11H2,1-4H3;2*2H,1H3;/q-1;;;/p+1/i1D3,11D2;;;. The molecule has 0 aliphatic carbocycles. The van der Waals surface area contributed by atoms with Gasteiger partial charge in [0.25, 0.3) is 0 Å². The maximum atomic E-state index is 8.25. The fourth-order valence-electron chi connectivity index (χ4n) is 1.64. The van der Waals surface area contributed by atoms with Gasteiger partial charge in [-0.25, -0.2) is 0 Å². The van der Waals surface area contributed by atoms with Gasteiger partial charge in [0.05, 0.1) is 0 Å². The molecule has 0 aliphatic rings. The first kappa shape index (κ1) is 15.5. The number of nitrogens with zero attached hydrogens (tertiary/aromatic N) is 1. The van der Waals surface area contributed by atoms with Gasteiger partial charge in [0.2, 0.25) is 0 Å². The van der Waals surface area contributed by atoms with Crippen LogP contribution in [0.4, 0.5) is 0 Å². The van der Waals surface area contributed by atoms with E-state index in [1.807, 2.05) is 20.8 Å². The van der Waals surface area contributed by atoms with Gasteiger partial charge < -0.3 is 15.2 Å². The van der Waals surface area contributed by atoms with Crippen molar-refractivity contribution in [1.82, 2.24) is 4.98 Å². The summed E-state index contributed by atoms with van der Waals surface area (Å²) >= 11 is 0. The average Bonchev–Trinajstić information content (AvgIpc) is 2.64. The molecule has 4 heteroatoms. The van der Waals surface area contributed by atoms with Crippen LogP contribution < -0.4 is 0 Å². The molecule has 0 bridgehead atoms. The fraction of sp³-hybridized carbons (Fsp3) is 0.421. The molecule has 0 atom stereocenters. The monoisotopic (exact) mass is 501 g/mol. The summed E-state index contributed by atoms with van der Waals surface area (Å²) < 4.78 is 38.6. The topological polar surface area (TPSA) is 56.0 Å². The van der Waals surface area contributed by atoms with E-state index in [0.29, 0.717) is 16.8 Å². The normalized spacial score (nSPS) is 14.0. The van der Waals surface area contributed by atoms with Crippen molar-refractivity contribution in [2.45, 2.75) is 34.0 Å². The zero-order valence-corrected chi connectivity index (χ0v) is 16.6. The second kappa shape index (κ2) is 12.4. The Morgan fingerprint density at radius 2 is 1.87 bits per heavy atom.